The number of pyridine rings is 1. The number of nitrogens with one attached hydrogen (secondary N) is 1. The van der Waals surface area contributed by atoms with Gasteiger partial charge in [0.15, 0.2) is 11.5 Å². The molecule has 2 fully saturated rings. The number of hydrogen-bond acceptors (Lipinski definition) is 6. The molecule has 0 unspecified atom stereocenters. The Balaban J connectivity index is 1.16. The zero-order chi connectivity index (χ0) is 21.2. The number of likely N-dealkylation sites (tertiary alicyclic amines) is 1. The largest absolute Gasteiger partial charge is 0.440 e. The van der Waals surface area contributed by atoms with Crippen LogP contribution in [0.25, 0.3) is 11.1 Å². The highest BCUT2D eigenvalue weighted by Gasteiger charge is 2.27. The van der Waals surface area contributed by atoms with E-state index in [1.165, 1.54) is 0 Å². The van der Waals surface area contributed by atoms with Gasteiger partial charge in [0.1, 0.15) is 11.3 Å². The molecule has 2 aliphatic rings. The van der Waals surface area contributed by atoms with Crippen LogP contribution in [0.4, 0.5) is 16.3 Å². The van der Waals surface area contributed by atoms with E-state index in [1.54, 1.807) is 12.3 Å². The summed E-state index contributed by atoms with van der Waals surface area (Å²) >= 11 is 6.04. The van der Waals surface area contributed by atoms with Crippen LogP contribution in [0, 0.1) is 0 Å². The Morgan fingerprint density at radius 2 is 1.90 bits per heavy atom. The maximum atomic E-state index is 12.7. The first kappa shape index (κ1) is 20.1. The molecule has 0 atom stereocenters. The molecule has 0 saturated carbocycles. The number of carbonyl (C=O) groups is 1. The Kier molecular flexibility index (Phi) is 5.65. The topological polar surface area (TPSA) is 83.7 Å². The summed E-state index contributed by atoms with van der Waals surface area (Å²) in [6.45, 7) is 4.40. The lowest BCUT2D eigenvalue weighted by atomic mass is 9.97. The number of halogens is 1. The average Bonchev–Trinajstić information content (AvgIpc) is 3.23. The first-order valence-corrected chi connectivity index (χ1v) is 10.9. The van der Waals surface area contributed by atoms with E-state index in [9.17, 15) is 4.79 Å². The van der Waals surface area contributed by atoms with Gasteiger partial charge in [0, 0.05) is 37.1 Å². The number of piperidine rings is 1. The SMILES string of the molecule is O=C(Nc1ccc(N2CCOCC2)nc1)N1CCC(c2nc3cc(Cl)ccc3o2)CC1. The molecule has 31 heavy (non-hydrogen) atoms. The number of carbonyl (C=O) groups excluding carboxylic acids is 1. The fraction of sp³-hybridized carbons (Fsp3) is 0.409. The van der Waals surface area contributed by atoms with Crippen molar-refractivity contribution in [2.45, 2.75) is 18.8 Å². The highest BCUT2D eigenvalue weighted by atomic mass is 35.5. The lowest BCUT2D eigenvalue weighted by Gasteiger charge is -2.30. The summed E-state index contributed by atoms with van der Waals surface area (Å²) in [6.07, 6.45) is 3.32. The second-order valence-corrected chi connectivity index (χ2v) is 8.30. The van der Waals surface area contributed by atoms with Crippen LogP contribution >= 0.6 is 11.6 Å². The molecule has 0 aliphatic carbocycles. The third-order valence-corrected chi connectivity index (χ3v) is 6.07. The number of morpholine rings is 1. The highest BCUT2D eigenvalue weighted by Crippen LogP contribution is 2.31. The Labute approximate surface area is 185 Å². The molecular formula is C22H24ClN5O3. The smallest absolute Gasteiger partial charge is 0.321 e. The third-order valence-electron chi connectivity index (χ3n) is 5.83. The van der Waals surface area contributed by atoms with Crippen molar-refractivity contribution in [1.29, 1.82) is 0 Å². The summed E-state index contributed by atoms with van der Waals surface area (Å²) in [5.41, 5.74) is 2.21. The fourth-order valence-electron chi connectivity index (χ4n) is 4.06. The number of fused-ring (bicyclic) bond motifs is 1. The number of amides is 2. The van der Waals surface area contributed by atoms with E-state index in [2.05, 4.69) is 20.2 Å². The standard InChI is InChI=1S/C22H24ClN5O3/c23-16-1-3-19-18(13-16)26-21(31-19)15-5-7-28(8-6-15)22(29)25-17-2-4-20(24-14-17)27-9-11-30-12-10-27/h1-4,13-15H,5-12H2,(H,25,29). The molecule has 1 N–H and O–H groups in total. The van der Waals surface area contributed by atoms with Gasteiger partial charge in [-0.3, -0.25) is 0 Å². The molecule has 0 bridgehead atoms. The van der Waals surface area contributed by atoms with E-state index in [0.29, 0.717) is 37.0 Å². The zero-order valence-electron chi connectivity index (χ0n) is 17.1. The molecule has 9 heteroatoms. The van der Waals surface area contributed by atoms with Gasteiger partial charge in [-0.05, 0) is 43.2 Å². The van der Waals surface area contributed by atoms with Gasteiger partial charge in [-0.25, -0.2) is 14.8 Å². The van der Waals surface area contributed by atoms with Crippen molar-refractivity contribution in [1.82, 2.24) is 14.9 Å². The molecule has 0 spiro atoms. The third kappa shape index (κ3) is 4.45. The average molecular weight is 442 g/mol. The molecule has 8 nitrogen and oxygen atoms in total. The quantitative estimate of drug-likeness (QED) is 0.658. The summed E-state index contributed by atoms with van der Waals surface area (Å²) in [7, 11) is 0. The van der Waals surface area contributed by atoms with Gasteiger partial charge in [-0.15, -0.1) is 0 Å². The van der Waals surface area contributed by atoms with Crippen LogP contribution in [0.2, 0.25) is 5.02 Å². The van der Waals surface area contributed by atoms with Crippen LogP contribution in [-0.2, 0) is 4.74 Å². The maximum absolute atomic E-state index is 12.7. The Bertz CT molecular complexity index is 1060. The van der Waals surface area contributed by atoms with Gasteiger partial charge in [0.05, 0.1) is 25.1 Å². The predicted octanol–water partition coefficient (Wildman–Crippen LogP) is 4.12. The van der Waals surface area contributed by atoms with Crippen molar-refractivity contribution < 1.29 is 13.9 Å². The van der Waals surface area contributed by atoms with Crippen LogP contribution in [0.3, 0.4) is 0 Å². The van der Waals surface area contributed by atoms with Gasteiger partial charge in [-0.1, -0.05) is 11.6 Å². The summed E-state index contributed by atoms with van der Waals surface area (Å²) < 4.78 is 11.3. The van der Waals surface area contributed by atoms with Crippen molar-refractivity contribution in [3.63, 3.8) is 0 Å². The number of nitrogens with zero attached hydrogens (tertiary/aromatic N) is 4. The van der Waals surface area contributed by atoms with E-state index in [0.717, 1.165) is 48.7 Å². The van der Waals surface area contributed by atoms with E-state index >= 15 is 0 Å². The number of ether oxygens (including phenoxy) is 1. The molecule has 2 amide bonds. The van der Waals surface area contributed by atoms with Crippen molar-refractivity contribution in [2.75, 3.05) is 49.6 Å². The minimum absolute atomic E-state index is 0.108. The summed E-state index contributed by atoms with van der Waals surface area (Å²) in [5, 5.41) is 3.60. The zero-order valence-corrected chi connectivity index (χ0v) is 17.8. The van der Waals surface area contributed by atoms with Crippen LogP contribution in [-0.4, -0.2) is 60.3 Å². The molecule has 2 saturated heterocycles. The van der Waals surface area contributed by atoms with E-state index in [4.69, 9.17) is 20.8 Å². The highest BCUT2D eigenvalue weighted by molar-refractivity contribution is 6.31. The lowest BCUT2D eigenvalue weighted by Crippen LogP contribution is -2.40. The Morgan fingerprint density at radius 1 is 1.10 bits per heavy atom. The van der Waals surface area contributed by atoms with Crippen LogP contribution in [0.15, 0.2) is 40.9 Å². The molecular weight excluding hydrogens is 418 g/mol. The minimum Gasteiger partial charge on any atom is -0.440 e. The molecule has 4 heterocycles. The number of urea groups is 1. The van der Waals surface area contributed by atoms with Gasteiger partial charge >= 0.3 is 6.03 Å². The summed E-state index contributed by atoms with van der Waals surface area (Å²) in [5.74, 6) is 1.83. The first-order chi connectivity index (χ1) is 15.2. The first-order valence-electron chi connectivity index (χ1n) is 10.6. The van der Waals surface area contributed by atoms with Gasteiger partial charge in [-0.2, -0.15) is 0 Å². The molecule has 2 aromatic heterocycles. The maximum Gasteiger partial charge on any atom is 0.321 e. The number of oxazole rings is 1. The van der Waals surface area contributed by atoms with E-state index in [-0.39, 0.29) is 11.9 Å². The second kappa shape index (κ2) is 8.72. The summed E-state index contributed by atoms with van der Waals surface area (Å²) in [4.78, 5) is 25.8. The molecule has 2 aliphatic heterocycles. The number of anilines is 2. The van der Waals surface area contributed by atoms with E-state index in [1.807, 2.05) is 29.2 Å². The summed E-state index contributed by atoms with van der Waals surface area (Å²) in [6, 6.07) is 9.18. The van der Waals surface area contributed by atoms with Crippen LogP contribution in [0.5, 0.6) is 0 Å². The van der Waals surface area contributed by atoms with Crippen LogP contribution in [0.1, 0.15) is 24.7 Å². The van der Waals surface area contributed by atoms with Gasteiger partial charge in [0.2, 0.25) is 0 Å². The monoisotopic (exact) mass is 441 g/mol. The molecule has 0 radical (unpaired) electrons. The predicted molar refractivity (Wildman–Crippen MR) is 119 cm³/mol. The van der Waals surface area contributed by atoms with E-state index < -0.39 is 0 Å². The lowest BCUT2D eigenvalue weighted by molar-refractivity contribution is 0.122. The number of benzene rings is 1. The Morgan fingerprint density at radius 3 is 2.65 bits per heavy atom. The molecule has 162 valence electrons. The second-order valence-electron chi connectivity index (χ2n) is 7.86. The van der Waals surface area contributed by atoms with Crippen molar-refractivity contribution in [2.24, 2.45) is 0 Å². The number of rotatable bonds is 3. The number of hydrogen-bond donors (Lipinski definition) is 1. The molecule has 5 rings (SSSR count). The molecule has 3 aromatic rings. The normalized spacial score (nSPS) is 17.8. The van der Waals surface area contributed by atoms with Crippen molar-refractivity contribution in [3.05, 3.63) is 47.4 Å². The minimum atomic E-state index is -0.108. The van der Waals surface area contributed by atoms with Crippen molar-refractivity contribution >= 4 is 40.2 Å². The van der Waals surface area contributed by atoms with Gasteiger partial charge in [0.25, 0.3) is 0 Å². The van der Waals surface area contributed by atoms with Crippen LogP contribution < -0.4 is 10.2 Å². The van der Waals surface area contributed by atoms with Crippen molar-refractivity contribution in [3.8, 4) is 0 Å². The molecule has 1 aromatic carbocycles. The fourth-order valence-corrected chi connectivity index (χ4v) is 4.23. The Hall–Kier alpha value is -2.84. The van der Waals surface area contributed by atoms with Gasteiger partial charge < -0.3 is 24.3 Å². The number of aromatic nitrogens is 2.